The van der Waals surface area contributed by atoms with E-state index in [0.29, 0.717) is 17.4 Å². The topological polar surface area (TPSA) is 12.0 Å². The Morgan fingerprint density at radius 1 is 1.15 bits per heavy atom. The second-order valence-electron chi connectivity index (χ2n) is 6.05. The molecule has 1 aliphatic carbocycles. The summed E-state index contributed by atoms with van der Waals surface area (Å²) in [5.41, 5.74) is 0.862. The minimum absolute atomic E-state index is 0.272. The maximum atomic E-state index is 13.7. The van der Waals surface area contributed by atoms with Crippen molar-refractivity contribution < 1.29 is 8.78 Å². The summed E-state index contributed by atoms with van der Waals surface area (Å²) in [4.78, 5) is 0. The van der Waals surface area contributed by atoms with Crippen LogP contribution in [0.4, 0.5) is 8.78 Å². The van der Waals surface area contributed by atoms with Gasteiger partial charge < -0.3 is 5.32 Å². The average Bonchev–Trinajstić information content (AvgIpc) is 2.89. The Bertz CT molecular complexity index is 425. The molecule has 0 saturated heterocycles. The first-order valence-corrected chi connectivity index (χ1v) is 7.80. The number of halogens is 2. The molecule has 0 atom stereocenters. The summed E-state index contributed by atoms with van der Waals surface area (Å²) < 4.78 is 26.9. The third-order valence-corrected chi connectivity index (χ3v) is 4.68. The first kappa shape index (κ1) is 15.4. The van der Waals surface area contributed by atoms with Crippen LogP contribution in [0.25, 0.3) is 0 Å². The SMILES string of the molecule is CCNCCC1(CCc2cc(F)ccc2F)CCCC1. The molecule has 0 radical (unpaired) electrons. The van der Waals surface area contributed by atoms with Gasteiger partial charge in [0.25, 0.3) is 0 Å². The minimum atomic E-state index is -0.338. The molecule has 112 valence electrons. The van der Waals surface area contributed by atoms with Crippen molar-refractivity contribution in [1.29, 1.82) is 0 Å². The van der Waals surface area contributed by atoms with Gasteiger partial charge in [0.2, 0.25) is 0 Å². The summed E-state index contributed by atoms with van der Waals surface area (Å²) in [6.07, 6.45) is 7.78. The van der Waals surface area contributed by atoms with Crippen molar-refractivity contribution in [2.24, 2.45) is 5.41 Å². The van der Waals surface area contributed by atoms with Gasteiger partial charge in [0.1, 0.15) is 11.6 Å². The maximum absolute atomic E-state index is 13.7. The van der Waals surface area contributed by atoms with Gasteiger partial charge in [-0.05, 0) is 74.4 Å². The van der Waals surface area contributed by atoms with Crippen LogP contribution in [0.1, 0.15) is 51.0 Å². The molecule has 0 bridgehead atoms. The van der Waals surface area contributed by atoms with E-state index >= 15 is 0 Å². The lowest BCUT2D eigenvalue weighted by Crippen LogP contribution is -2.25. The Hall–Kier alpha value is -0.960. The molecule has 1 aromatic carbocycles. The molecular weight excluding hydrogens is 256 g/mol. The second kappa shape index (κ2) is 7.16. The van der Waals surface area contributed by atoms with Crippen LogP contribution in [0.2, 0.25) is 0 Å². The normalized spacial score (nSPS) is 17.6. The first-order chi connectivity index (χ1) is 9.65. The van der Waals surface area contributed by atoms with E-state index in [1.165, 1.54) is 43.9 Å². The van der Waals surface area contributed by atoms with E-state index in [1.807, 2.05) is 0 Å². The standard InChI is InChI=1S/C17H25F2N/c1-2-20-12-11-17(8-3-4-9-17)10-7-14-13-15(18)5-6-16(14)19/h5-6,13,20H,2-4,7-12H2,1H3. The average molecular weight is 281 g/mol. The number of hydrogen-bond donors (Lipinski definition) is 1. The van der Waals surface area contributed by atoms with Gasteiger partial charge >= 0.3 is 0 Å². The lowest BCUT2D eigenvalue weighted by Gasteiger charge is -2.29. The van der Waals surface area contributed by atoms with E-state index in [4.69, 9.17) is 0 Å². The highest BCUT2D eigenvalue weighted by molar-refractivity contribution is 5.19. The number of nitrogens with one attached hydrogen (secondary N) is 1. The quantitative estimate of drug-likeness (QED) is 0.728. The molecule has 1 nitrogen and oxygen atoms in total. The van der Waals surface area contributed by atoms with Gasteiger partial charge in [-0.1, -0.05) is 19.8 Å². The van der Waals surface area contributed by atoms with E-state index in [0.717, 1.165) is 25.9 Å². The molecule has 1 aliphatic rings. The zero-order valence-corrected chi connectivity index (χ0v) is 12.4. The molecular formula is C17H25F2N. The molecule has 1 N–H and O–H groups in total. The highest BCUT2D eigenvalue weighted by Crippen LogP contribution is 2.44. The van der Waals surface area contributed by atoms with Crippen LogP contribution in [0.3, 0.4) is 0 Å². The summed E-state index contributed by atoms with van der Waals surface area (Å²) in [7, 11) is 0. The summed E-state index contributed by atoms with van der Waals surface area (Å²) in [5, 5.41) is 3.38. The number of hydrogen-bond acceptors (Lipinski definition) is 1. The van der Waals surface area contributed by atoms with E-state index in [-0.39, 0.29) is 11.6 Å². The predicted molar refractivity (Wildman–Crippen MR) is 78.7 cm³/mol. The van der Waals surface area contributed by atoms with Crippen LogP contribution >= 0.6 is 0 Å². The molecule has 0 spiro atoms. The predicted octanol–water partition coefficient (Wildman–Crippen LogP) is 4.46. The molecule has 0 aliphatic heterocycles. The van der Waals surface area contributed by atoms with Gasteiger partial charge in [-0.3, -0.25) is 0 Å². The Balaban J connectivity index is 1.96. The molecule has 1 saturated carbocycles. The van der Waals surface area contributed by atoms with E-state index in [1.54, 1.807) is 0 Å². The fraction of sp³-hybridized carbons (Fsp3) is 0.647. The molecule has 0 heterocycles. The zero-order valence-electron chi connectivity index (χ0n) is 12.4. The number of aryl methyl sites for hydroxylation is 1. The monoisotopic (exact) mass is 281 g/mol. The van der Waals surface area contributed by atoms with E-state index < -0.39 is 0 Å². The van der Waals surface area contributed by atoms with Crippen molar-refractivity contribution in [3.05, 3.63) is 35.4 Å². The van der Waals surface area contributed by atoms with Gasteiger partial charge in [-0.15, -0.1) is 0 Å². The summed E-state index contributed by atoms with van der Waals surface area (Å²) >= 11 is 0. The van der Waals surface area contributed by atoms with Gasteiger partial charge in [0.15, 0.2) is 0 Å². The molecule has 2 rings (SSSR count). The number of benzene rings is 1. The molecule has 1 aromatic rings. The zero-order chi connectivity index (χ0) is 14.4. The van der Waals surface area contributed by atoms with Crippen molar-refractivity contribution in [3.63, 3.8) is 0 Å². The van der Waals surface area contributed by atoms with Crippen LogP contribution in [0.5, 0.6) is 0 Å². The Labute approximate surface area is 120 Å². The molecule has 3 heteroatoms. The third kappa shape index (κ3) is 4.02. The molecule has 0 amide bonds. The van der Waals surface area contributed by atoms with Crippen molar-refractivity contribution in [2.75, 3.05) is 13.1 Å². The Kier molecular flexibility index (Phi) is 5.53. The van der Waals surface area contributed by atoms with E-state index in [2.05, 4.69) is 12.2 Å². The summed E-state index contributed by atoms with van der Waals surface area (Å²) in [6.45, 7) is 4.14. The molecule has 1 fully saturated rings. The van der Waals surface area contributed by atoms with Crippen LogP contribution in [-0.2, 0) is 6.42 Å². The van der Waals surface area contributed by atoms with Crippen molar-refractivity contribution >= 4 is 0 Å². The Morgan fingerprint density at radius 2 is 1.90 bits per heavy atom. The first-order valence-electron chi connectivity index (χ1n) is 7.80. The highest BCUT2D eigenvalue weighted by Gasteiger charge is 2.32. The third-order valence-electron chi connectivity index (χ3n) is 4.68. The van der Waals surface area contributed by atoms with Crippen molar-refractivity contribution in [2.45, 2.75) is 51.9 Å². The smallest absolute Gasteiger partial charge is 0.126 e. The highest BCUT2D eigenvalue weighted by atomic mass is 19.1. The van der Waals surface area contributed by atoms with Gasteiger partial charge in [0.05, 0.1) is 0 Å². The fourth-order valence-electron chi connectivity index (χ4n) is 3.42. The van der Waals surface area contributed by atoms with Crippen LogP contribution < -0.4 is 5.32 Å². The van der Waals surface area contributed by atoms with Crippen LogP contribution in [0, 0.1) is 17.0 Å². The van der Waals surface area contributed by atoms with Crippen molar-refractivity contribution in [1.82, 2.24) is 5.32 Å². The summed E-state index contributed by atoms with van der Waals surface area (Å²) in [6, 6.07) is 3.78. The Morgan fingerprint density at radius 3 is 2.60 bits per heavy atom. The molecule has 20 heavy (non-hydrogen) atoms. The maximum Gasteiger partial charge on any atom is 0.126 e. The van der Waals surface area contributed by atoms with Gasteiger partial charge in [-0.2, -0.15) is 0 Å². The van der Waals surface area contributed by atoms with Crippen LogP contribution in [0.15, 0.2) is 18.2 Å². The van der Waals surface area contributed by atoms with Gasteiger partial charge in [-0.25, -0.2) is 8.78 Å². The van der Waals surface area contributed by atoms with Gasteiger partial charge in [0, 0.05) is 0 Å². The summed E-state index contributed by atoms with van der Waals surface area (Å²) in [5.74, 6) is -0.610. The lowest BCUT2D eigenvalue weighted by molar-refractivity contribution is 0.245. The van der Waals surface area contributed by atoms with Crippen molar-refractivity contribution in [3.8, 4) is 0 Å². The van der Waals surface area contributed by atoms with Crippen LogP contribution in [-0.4, -0.2) is 13.1 Å². The number of rotatable bonds is 7. The molecule has 0 unspecified atom stereocenters. The van der Waals surface area contributed by atoms with E-state index in [9.17, 15) is 8.78 Å². The largest absolute Gasteiger partial charge is 0.317 e. The fourth-order valence-corrected chi connectivity index (χ4v) is 3.42. The lowest BCUT2D eigenvalue weighted by atomic mass is 9.77. The molecule has 0 aromatic heterocycles. The second-order valence-corrected chi connectivity index (χ2v) is 6.05. The minimum Gasteiger partial charge on any atom is -0.317 e.